The zero-order valence-electron chi connectivity index (χ0n) is 17.1. The monoisotopic (exact) mass is 462 g/mol. The highest BCUT2D eigenvalue weighted by atomic mass is 19.3. The number of halogens is 4. The molecule has 8 nitrogen and oxygen atoms in total. The normalized spacial score (nSPS) is 15.1. The largest absolute Gasteiger partial charge is 0.415 e. The topological polar surface area (TPSA) is 90.8 Å². The molecule has 1 N–H and O–H groups in total. The molecule has 3 aromatic heterocycles. The van der Waals surface area contributed by atoms with Crippen LogP contribution in [0, 0.1) is 11.6 Å². The average Bonchev–Trinajstić information content (AvgIpc) is 3.40. The molecule has 0 aliphatic carbocycles. The first kappa shape index (κ1) is 21.3. The molecule has 0 spiro atoms. The van der Waals surface area contributed by atoms with Crippen LogP contribution in [0.5, 0.6) is 0 Å². The van der Waals surface area contributed by atoms with Gasteiger partial charge in [0, 0.05) is 24.4 Å². The van der Waals surface area contributed by atoms with Gasteiger partial charge in [0.05, 0.1) is 28.8 Å². The summed E-state index contributed by atoms with van der Waals surface area (Å²) in [5.74, 6) is -2.97. The van der Waals surface area contributed by atoms with Gasteiger partial charge in [-0.25, -0.2) is 13.6 Å². The second-order valence-electron chi connectivity index (χ2n) is 7.76. The summed E-state index contributed by atoms with van der Waals surface area (Å²) in [7, 11) is 0. The van der Waals surface area contributed by atoms with Gasteiger partial charge >= 0.3 is 12.1 Å². The zero-order valence-corrected chi connectivity index (χ0v) is 17.1. The van der Waals surface area contributed by atoms with Gasteiger partial charge in [0.1, 0.15) is 0 Å². The van der Waals surface area contributed by atoms with Crippen LogP contribution in [0.15, 0.2) is 39.7 Å². The summed E-state index contributed by atoms with van der Waals surface area (Å²) in [5, 5.41) is 10.1. The third kappa shape index (κ3) is 3.90. The van der Waals surface area contributed by atoms with E-state index in [4.69, 9.17) is 4.42 Å². The number of benzene rings is 1. The maximum atomic E-state index is 14.0. The Balaban J connectivity index is 1.51. The maximum absolute atomic E-state index is 14.0. The van der Waals surface area contributed by atoms with Crippen LogP contribution in [-0.4, -0.2) is 37.4 Å². The SMILES string of the molecule is O=c1n(Cc2ccc(-c3nnc(C(F)F)o3)cn2)c2cc(F)c(F)cc2n1C1CCNCC1. The Morgan fingerprint density at radius 2 is 1.82 bits per heavy atom. The van der Waals surface area contributed by atoms with E-state index in [1.807, 2.05) is 0 Å². The van der Waals surface area contributed by atoms with E-state index >= 15 is 0 Å². The fraction of sp³-hybridized carbons (Fsp3) is 0.333. The van der Waals surface area contributed by atoms with E-state index in [1.165, 1.54) is 15.3 Å². The molecule has 0 unspecified atom stereocenters. The van der Waals surface area contributed by atoms with E-state index in [0.717, 1.165) is 25.2 Å². The van der Waals surface area contributed by atoms with E-state index in [0.29, 0.717) is 29.6 Å². The van der Waals surface area contributed by atoms with Crippen molar-refractivity contribution in [2.75, 3.05) is 13.1 Å². The van der Waals surface area contributed by atoms with Crippen LogP contribution in [0.3, 0.4) is 0 Å². The van der Waals surface area contributed by atoms with Crippen molar-refractivity contribution in [2.24, 2.45) is 0 Å². The smallest absolute Gasteiger partial charge is 0.329 e. The summed E-state index contributed by atoms with van der Waals surface area (Å²) in [5.41, 5.74) is 0.986. The van der Waals surface area contributed by atoms with E-state index in [9.17, 15) is 22.4 Å². The molecule has 0 radical (unpaired) electrons. The predicted molar refractivity (Wildman–Crippen MR) is 109 cm³/mol. The van der Waals surface area contributed by atoms with Crippen LogP contribution < -0.4 is 11.0 Å². The van der Waals surface area contributed by atoms with Gasteiger partial charge in [-0.15, -0.1) is 10.2 Å². The van der Waals surface area contributed by atoms with Crippen LogP contribution in [0.2, 0.25) is 0 Å². The van der Waals surface area contributed by atoms with Crippen molar-refractivity contribution in [2.45, 2.75) is 31.9 Å². The van der Waals surface area contributed by atoms with Gasteiger partial charge in [0.2, 0.25) is 5.89 Å². The number of pyridine rings is 1. The quantitative estimate of drug-likeness (QED) is 0.457. The molecule has 4 aromatic rings. The van der Waals surface area contributed by atoms with Gasteiger partial charge < -0.3 is 9.73 Å². The highest BCUT2D eigenvalue weighted by Crippen LogP contribution is 2.26. The van der Waals surface area contributed by atoms with Crippen LogP contribution in [0.1, 0.15) is 36.9 Å². The molecule has 0 amide bonds. The zero-order chi connectivity index (χ0) is 23.1. The second-order valence-corrected chi connectivity index (χ2v) is 7.76. The lowest BCUT2D eigenvalue weighted by molar-refractivity contribution is 0.116. The first-order valence-electron chi connectivity index (χ1n) is 10.3. The number of alkyl halides is 2. The minimum Gasteiger partial charge on any atom is -0.415 e. The number of imidazole rings is 1. The van der Waals surface area contributed by atoms with Gasteiger partial charge in [-0.2, -0.15) is 8.78 Å². The summed E-state index contributed by atoms with van der Waals surface area (Å²) >= 11 is 0. The van der Waals surface area contributed by atoms with Gasteiger partial charge in [-0.05, 0) is 38.1 Å². The molecule has 1 aliphatic heterocycles. The third-order valence-electron chi connectivity index (χ3n) is 5.70. The van der Waals surface area contributed by atoms with Crippen molar-refractivity contribution in [1.82, 2.24) is 29.6 Å². The van der Waals surface area contributed by atoms with Gasteiger partial charge in [-0.3, -0.25) is 14.1 Å². The average molecular weight is 462 g/mol. The predicted octanol–water partition coefficient (Wildman–Crippen LogP) is 3.44. The molecule has 172 valence electrons. The molecular weight excluding hydrogens is 444 g/mol. The number of piperidine rings is 1. The third-order valence-corrected chi connectivity index (χ3v) is 5.70. The molecule has 0 bridgehead atoms. The number of fused-ring (bicyclic) bond motifs is 1. The number of nitrogens with zero attached hydrogens (tertiary/aromatic N) is 5. The highest BCUT2D eigenvalue weighted by Gasteiger charge is 2.24. The van der Waals surface area contributed by atoms with Crippen molar-refractivity contribution in [3.05, 3.63) is 64.2 Å². The van der Waals surface area contributed by atoms with Crippen LogP contribution in [-0.2, 0) is 6.54 Å². The second kappa shape index (κ2) is 8.43. The molecule has 1 saturated heterocycles. The summed E-state index contributed by atoms with van der Waals surface area (Å²) in [6.45, 7) is 1.45. The standard InChI is InChI=1S/C21H18F4N6O2/c22-14-7-16-17(8-15(14)23)31(13-3-5-26-6-4-13)21(32)30(16)10-12-2-1-11(9-27-12)19-28-29-20(33-19)18(24)25/h1-2,7-9,13,18,26H,3-6,10H2. The first-order valence-corrected chi connectivity index (χ1v) is 10.3. The Labute approximate surface area is 183 Å². The first-order chi connectivity index (χ1) is 15.9. The van der Waals surface area contributed by atoms with Crippen molar-refractivity contribution in [3.8, 4) is 11.5 Å². The molecule has 1 aromatic carbocycles. The molecular formula is C21H18F4N6O2. The maximum Gasteiger partial charge on any atom is 0.329 e. The Morgan fingerprint density at radius 3 is 2.45 bits per heavy atom. The number of nitrogens with one attached hydrogen (secondary N) is 1. The van der Waals surface area contributed by atoms with Crippen molar-refractivity contribution < 1.29 is 22.0 Å². The number of rotatable bonds is 5. The molecule has 4 heterocycles. The molecule has 5 rings (SSSR count). The minimum absolute atomic E-state index is 0.00474. The van der Waals surface area contributed by atoms with E-state index in [-0.39, 0.29) is 29.7 Å². The van der Waals surface area contributed by atoms with Crippen LogP contribution >= 0.6 is 0 Å². The lowest BCUT2D eigenvalue weighted by atomic mass is 10.1. The molecule has 33 heavy (non-hydrogen) atoms. The Kier molecular flexibility index (Phi) is 5.44. The van der Waals surface area contributed by atoms with E-state index < -0.39 is 24.0 Å². The number of hydrogen-bond donors (Lipinski definition) is 1. The number of hydrogen-bond acceptors (Lipinski definition) is 6. The van der Waals surface area contributed by atoms with Crippen molar-refractivity contribution in [3.63, 3.8) is 0 Å². The summed E-state index contributed by atoms with van der Waals surface area (Å²) in [6, 6.07) is 5.05. The lowest BCUT2D eigenvalue weighted by Gasteiger charge is -2.23. The van der Waals surface area contributed by atoms with Crippen molar-refractivity contribution >= 4 is 11.0 Å². The molecule has 1 fully saturated rings. The fourth-order valence-corrected chi connectivity index (χ4v) is 4.09. The molecule has 0 atom stereocenters. The Morgan fingerprint density at radius 1 is 1.09 bits per heavy atom. The number of aromatic nitrogens is 5. The van der Waals surface area contributed by atoms with E-state index in [2.05, 4.69) is 20.5 Å². The Bertz CT molecular complexity index is 1360. The molecule has 12 heteroatoms. The summed E-state index contributed by atoms with van der Waals surface area (Å²) < 4.78 is 61.2. The Hall–Kier alpha value is -3.54. The van der Waals surface area contributed by atoms with Crippen molar-refractivity contribution in [1.29, 1.82) is 0 Å². The fourth-order valence-electron chi connectivity index (χ4n) is 4.09. The van der Waals surface area contributed by atoms with Gasteiger partial charge in [-0.1, -0.05) is 0 Å². The van der Waals surface area contributed by atoms with E-state index in [1.54, 1.807) is 12.1 Å². The molecule has 1 aliphatic rings. The van der Waals surface area contributed by atoms with Gasteiger partial charge in [0.25, 0.3) is 5.89 Å². The van der Waals surface area contributed by atoms with Crippen LogP contribution in [0.4, 0.5) is 17.6 Å². The van der Waals surface area contributed by atoms with Gasteiger partial charge in [0.15, 0.2) is 11.6 Å². The summed E-state index contributed by atoms with van der Waals surface area (Å²) in [6.07, 6.45) is -0.145. The highest BCUT2D eigenvalue weighted by molar-refractivity contribution is 5.76. The lowest BCUT2D eigenvalue weighted by Crippen LogP contribution is -2.35. The minimum atomic E-state index is -2.88. The molecule has 0 saturated carbocycles. The summed E-state index contributed by atoms with van der Waals surface area (Å²) in [4.78, 5) is 17.6. The van der Waals surface area contributed by atoms with Crippen LogP contribution in [0.25, 0.3) is 22.5 Å².